The van der Waals surface area contributed by atoms with Gasteiger partial charge in [-0.2, -0.15) is 5.10 Å². The number of nitrogens with one attached hydrogen (secondary N) is 1. The molecule has 0 saturated carbocycles. The van der Waals surface area contributed by atoms with Gasteiger partial charge in [0.2, 0.25) is 0 Å². The zero-order valence-corrected chi connectivity index (χ0v) is 11.9. The van der Waals surface area contributed by atoms with Crippen LogP contribution in [0.5, 0.6) is 0 Å². The Morgan fingerprint density at radius 1 is 1.33 bits per heavy atom. The molecule has 4 heteroatoms. The molecular weight excluding hydrogens is 224 g/mol. The summed E-state index contributed by atoms with van der Waals surface area (Å²) in [5.74, 6) is 1.01. The highest BCUT2D eigenvalue weighted by Crippen LogP contribution is 2.31. The van der Waals surface area contributed by atoms with Crippen LogP contribution in [-0.2, 0) is 6.54 Å². The summed E-state index contributed by atoms with van der Waals surface area (Å²) in [5, 5.41) is 12.0. The van der Waals surface area contributed by atoms with Gasteiger partial charge in [0.15, 0.2) is 5.82 Å². The Balaban J connectivity index is 1.96. The fraction of sp³-hybridized carbons (Fsp3) is 0.714. The molecule has 1 aromatic rings. The second kappa shape index (κ2) is 5.22. The quantitative estimate of drug-likeness (QED) is 0.887. The van der Waals surface area contributed by atoms with Crippen LogP contribution >= 0.6 is 0 Å². The average Bonchev–Trinajstić information content (AvgIpc) is 2.68. The van der Waals surface area contributed by atoms with Crippen molar-refractivity contribution in [2.45, 2.75) is 46.7 Å². The summed E-state index contributed by atoms with van der Waals surface area (Å²) in [6.07, 6.45) is 1.23. The van der Waals surface area contributed by atoms with Crippen molar-refractivity contribution >= 4 is 5.82 Å². The Labute approximate surface area is 110 Å². The zero-order chi connectivity index (χ0) is 13.2. The van der Waals surface area contributed by atoms with Crippen LogP contribution in [0.1, 0.15) is 39.8 Å². The van der Waals surface area contributed by atoms with Crippen molar-refractivity contribution in [3.8, 4) is 0 Å². The summed E-state index contributed by atoms with van der Waals surface area (Å²) in [6.45, 7) is 11.8. The van der Waals surface area contributed by atoms with E-state index in [-0.39, 0.29) is 0 Å². The van der Waals surface area contributed by atoms with E-state index >= 15 is 0 Å². The molecule has 2 heterocycles. The van der Waals surface area contributed by atoms with Crippen LogP contribution in [0.3, 0.4) is 0 Å². The van der Waals surface area contributed by atoms with Crippen LogP contribution in [0.2, 0.25) is 0 Å². The molecule has 0 radical (unpaired) electrons. The van der Waals surface area contributed by atoms with Crippen LogP contribution in [0.15, 0.2) is 12.1 Å². The van der Waals surface area contributed by atoms with Gasteiger partial charge in [-0.1, -0.05) is 27.7 Å². The minimum absolute atomic E-state index is 0.402. The van der Waals surface area contributed by atoms with Crippen molar-refractivity contribution in [2.75, 3.05) is 18.0 Å². The lowest BCUT2D eigenvalue weighted by molar-refractivity contribution is 0.418. The zero-order valence-electron chi connectivity index (χ0n) is 11.9. The molecule has 1 saturated heterocycles. The van der Waals surface area contributed by atoms with E-state index in [1.807, 2.05) is 0 Å². The number of nitrogens with zero attached hydrogens (tertiary/aromatic N) is 3. The molecule has 1 aromatic heterocycles. The topological polar surface area (TPSA) is 41.0 Å². The van der Waals surface area contributed by atoms with Gasteiger partial charge < -0.3 is 10.2 Å². The third kappa shape index (κ3) is 3.42. The first-order valence-electron chi connectivity index (χ1n) is 6.77. The van der Waals surface area contributed by atoms with Gasteiger partial charge >= 0.3 is 0 Å². The summed E-state index contributed by atoms with van der Waals surface area (Å²) >= 11 is 0. The third-order valence-electron chi connectivity index (χ3n) is 3.40. The van der Waals surface area contributed by atoms with E-state index in [0.29, 0.717) is 11.5 Å². The molecule has 0 unspecified atom stereocenters. The monoisotopic (exact) mass is 248 g/mol. The van der Waals surface area contributed by atoms with Crippen LogP contribution in [0, 0.1) is 5.41 Å². The van der Waals surface area contributed by atoms with E-state index in [9.17, 15) is 0 Å². The molecule has 18 heavy (non-hydrogen) atoms. The molecule has 0 spiro atoms. The second-order valence-corrected chi connectivity index (χ2v) is 6.25. The first-order valence-corrected chi connectivity index (χ1v) is 6.77. The molecule has 1 fully saturated rings. The fourth-order valence-electron chi connectivity index (χ4n) is 2.23. The first kappa shape index (κ1) is 13.3. The van der Waals surface area contributed by atoms with Gasteiger partial charge in [-0.25, -0.2) is 0 Å². The molecular formula is C14H24N4. The summed E-state index contributed by atoms with van der Waals surface area (Å²) in [6, 6.07) is 4.64. The summed E-state index contributed by atoms with van der Waals surface area (Å²) in [7, 11) is 0. The predicted molar refractivity (Wildman–Crippen MR) is 74.6 cm³/mol. The molecule has 1 aliphatic heterocycles. The molecule has 0 aliphatic carbocycles. The lowest BCUT2D eigenvalue weighted by Gasteiger charge is -2.20. The largest absolute Gasteiger partial charge is 0.355 e. The van der Waals surface area contributed by atoms with E-state index in [2.05, 4.69) is 60.2 Å². The Morgan fingerprint density at radius 3 is 2.61 bits per heavy atom. The highest BCUT2D eigenvalue weighted by Gasteiger charge is 2.29. The van der Waals surface area contributed by atoms with Crippen molar-refractivity contribution in [3.63, 3.8) is 0 Å². The lowest BCUT2D eigenvalue weighted by Crippen LogP contribution is -2.25. The van der Waals surface area contributed by atoms with Gasteiger partial charge in [0.25, 0.3) is 0 Å². The maximum Gasteiger partial charge on any atom is 0.151 e. The Morgan fingerprint density at radius 2 is 2.11 bits per heavy atom. The predicted octanol–water partition coefficient (Wildman–Crippen LogP) is 2.21. The molecule has 0 atom stereocenters. The third-order valence-corrected chi connectivity index (χ3v) is 3.40. The molecule has 0 aromatic carbocycles. The van der Waals surface area contributed by atoms with Crippen molar-refractivity contribution in [2.24, 2.45) is 5.41 Å². The number of hydrogen-bond donors (Lipinski definition) is 1. The van der Waals surface area contributed by atoms with E-state index in [0.717, 1.165) is 31.1 Å². The maximum atomic E-state index is 4.34. The van der Waals surface area contributed by atoms with E-state index in [4.69, 9.17) is 0 Å². The smallest absolute Gasteiger partial charge is 0.151 e. The summed E-state index contributed by atoms with van der Waals surface area (Å²) < 4.78 is 0. The molecule has 0 amide bonds. The number of hydrogen-bond acceptors (Lipinski definition) is 4. The maximum absolute atomic E-state index is 4.34. The van der Waals surface area contributed by atoms with Gasteiger partial charge in [-0.15, -0.1) is 5.10 Å². The van der Waals surface area contributed by atoms with Crippen molar-refractivity contribution in [3.05, 3.63) is 17.8 Å². The fourth-order valence-corrected chi connectivity index (χ4v) is 2.23. The van der Waals surface area contributed by atoms with Gasteiger partial charge in [0, 0.05) is 25.7 Å². The highest BCUT2D eigenvalue weighted by molar-refractivity contribution is 5.39. The number of aromatic nitrogens is 2. The van der Waals surface area contributed by atoms with E-state index < -0.39 is 0 Å². The standard InChI is InChI=1S/C14H24N4/c1-11(2)15-9-12-5-6-13(17-16-12)18-8-7-14(3,4)10-18/h5-6,11,15H,7-10H2,1-4H3. The molecule has 4 nitrogen and oxygen atoms in total. The minimum Gasteiger partial charge on any atom is -0.355 e. The van der Waals surface area contributed by atoms with Crippen molar-refractivity contribution < 1.29 is 0 Å². The average molecular weight is 248 g/mol. The van der Waals surface area contributed by atoms with Gasteiger partial charge in [-0.3, -0.25) is 0 Å². The number of anilines is 1. The Hall–Kier alpha value is -1.16. The summed E-state index contributed by atoms with van der Waals surface area (Å²) in [5.41, 5.74) is 1.41. The highest BCUT2D eigenvalue weighted by atomic mass is 15.3. The second-order valence-electron chi connectivity index (χ2n) is 6.25. The molecule has 2 rings (SSSR count). The van der Waals surface area contributed by atoms with Crippen LogP contribution < -0.4 is 10.2 Å². The lowest BCUT2D eigenvalue weighted by atomic mass is 9.93. The molecule has 1 N–H and O–H groups in total. The molecule has 1 aliphatic rings. The van der Waals surface area contributed by atoms with Crippen molar-refractivity contribution in [1.29, 1.82) is 0 Å². The first-order chi connectivity index (χ1) is 8.46. The van der Waals surface area contributed by atoms with E-state index in [1.54, 1.807) is 0 Å². The van der Waals surface area contributed by atoms with Crippen LogP contribution in [-0.4, -0.2) is 29.3 Å². The number of rotatable bonds is 4. The molecule has 100 valence electrons. The van der Waals surface area contributed by atoms with E-state index in [1.165, 1.54) is 6.42 Å². The van der Waals surface area contributed by atoms with Gasteiger partial charge in [-0.05, 0) is 24.0 Å². The van der Waals surface area contributed by atoms with Gasteiger partial charge in [0.1, 0.15) is 0 Å². The van der Waals surface area contributed by atoms with Crippen LogP contribution in [0.4, 0.5) is 5.82 Å². The van der Waals surface area contributed by atoms with Gasteiger partial charge in [0.05, 0.1) is 5.69 Å². The Kier molecular flexibility index (Phi) is 3.85. The summed E-state index contributed by atoms with van der Waals surface area (Å²) in [4.78, 5) is 2.33. The van der Waals surface area contributed by atoms with Crippen molar-refractivity contribution in [1.82, 2.24) is 15.5 Å². The molecule has 0 bridgehead atoms. The van der Waals surface area contributed by atoms with Crippen LogP contribution in [0.25, 0.3) is 0 Å². The minimum atomic E-state index is 0.402. The Bertz CT molecular complexity index is 383. The SMILES string of the molecule is CC(C)NCc1ccc(N2CCC(C)(C)C2)nn1. The normalized spacial score (nSPS) is 18.6.